The zero-order chi connectivity index (χ0) is 18.9. The van der Waals surface area contributed by atoms with Crippen LogP contribution in [0, 0.1) is 5.82 Å². The quantitative estimate of drug-likeness (QED) is 0.567. The third-order valence-electron chi connectivity index (χ3n) is 4.65. The summed E-state index contributed by atoms with van der Waals surface area (Å²) in [5.74, 6) is -0.464. The summed E-state index contributed by atoms with van der Waals surface area (Å²) >= 11 is 0. The van der Waals surface area contributed by atoms with E-state index in [1.54, 1.807) is 12.1 Å². The minimum atomic E-state index is -0.567. The summed E-state index contributed by atoms with van der Waals surface area (Å²) in [7, 11) is 0. The Balaban J connectivity index is 0.00000364. The molecule has 152 valence electrons. The van der Waals surface area contributed by atoms with Crippen molar-refractivity contribution in [3.63, 3.8) is 0 Å². The van der Waals surface area contributed by atoms with Gasteiger partial charge in [-0.3, -0.25) is 4.79 Å². The SMILES string of the molecule is CCCC(NC(=O)NCc1ccc(F)cc1)C(=O)NC1CCCNC1C.Cl. The summed E-state index contributed by atoms with van der Waals surface area (Å²) in [5, 5.41) is 11.9. The molecule has 8 heteroatoms. The number of urea groups is 1. The van der Waals surface area contributed by atoms with E-state index in [1.807, 2.05) is 6.92 Å². The van der Waals surface area contributed by atoms with Crippen molar-refractivity contribution in [2.75, 3.05) is 6.54 Å². The van der Waals surface area contributed by atoms with Crippen molar-refractivity contribution in [1.29, 1.82) is 0 Å². The fourth-order valence-corrected chi connectivity index (χ4v) is 3.08. The van der Waals surface area contributed by atoms with E-state index in [0.29, 0.717) is 6.42 Å². The van der Waals surface area contributed by atoms with Gasteiger partial charge in [0.1, 0.15) is 11.9 Å². The van der Waals surface area contributed by atoms with Crippen LogP contribution in [0.5, 0.6) is 0 Å². The number of piperidine rings is 1. The van der Waals surface area contributed by atoms with Gasteiger partial charge in [0.15, 0.2) is 0 Å². The number of rotatable bonds is 7. The Labute approximate surface area is 166 Å². The van der Waals surface area contributed by atoms with Crippen LogP contribution < -0.4 is 21.3 Å². The number of hydrogen-bond donors (Lipinski definition) is 4. The lowest BCUT2D eigenvalue weighted by Crippen LogP contribution is -2.57. The molecule has 1 aliphatic heterocycles. The maximum atomic E-state index is 12.9. The largest absolute Gasteiger partial charge is 0.350 e. The highest BCUT2D eigenvalue weighted by atomic mass is 35.5. The average Bonchev–Trinajstić information content (AvgIpc) is 2.63. The summed E-state index contributed by atoms with van der Waals surface area (Å²) in [6.07, 6.45) is 3.33. The van der Waals surface area contributed by atoms with Crippen molar-refractivity contribution < 1.29 is 14.0 Å². The number of amides is 3. The molecule has 6 nitrogen and oxygen atoms in total. The van der Waals surface area contributed by atoms with Crippen molar-refractivity contribution in [3.8, 4) is 0 Å². The number of benzene rings is 1. The molecule has 1 aliphatic rings. The molecule has 0 bridgehead atoms. The first-order valence-electron chi connectivity index (χ1n) is 9.32. The van der Waals surface area contributed by atoms with Gasteiger partial charge in [0.2, 0.25) is 5.91 Å². The Morgan fingerprint density at radius 1 is 1.30 bits per heavy atom. The van der Waals surface area contributed by atoms with Gasteiger partial charge in [0.05, 0.1) is 0 Å². The fraction of sp³-hybridized carbons (Fsp3) is 0.579. The molecule has 0 aliphatic carbocycles. The number of halogens is 2. The highest BCUT2D eigenvalue weighted by Crippen LogP contribution is 2.09. The van der Waals surface area contributed by atoms with Gasteiger partial charge in [-0.25, -0.2) is 9.18 Å². The van der Waals surface area contributed by atoms with E-state index >= 15 is 0 Å². The Morgan fingerprint density at radius 2 is 2.00 bits per heavy atom. The highest BCUT2D eigenvalue weighted by molar-refractivity contribution is 5.87. The average molecular weight is 401 g/mol. The highest BCUT2D eigenvalue weighted by Gasteiger charge is 2.26. The lowest BCUT2D eigenvalue weighted by molar-refractivity contribution is -0.124. The number of carbonyl (C=O) groups is 2. The fourth-order valence-electron chi connectivity index (χ4n) is 3.08. The van der Waals surface area contributed by atoms with E-state index < -0.39 is 12.1 Å². The first-order valence-corrected chi connectivity index (χ1v) is 9.32. The van der Waals surface area contributed by atoms with E-state index in [4.69, 9.17) is 0 Å². The molecular formula is C19H30ClFN4O2. The second-order valence-corrected chi connectivity index (χ2v) is 6.79. The zero-order valence-corrected chi connectivity index (χ0v) is 16.7. The standard InChI is InChI=1S/C19H29FN4O2.ClH/c1-3-5-17(18(25)23-16-6-4-11-21-13(16)2)24-19(26)22-12-14-7-9-15(20)10-8-14;/h7-10,13,16-17,21H,3-6,11-12H2,1-2H3,(H,23,25)(H2,22,24,26);1H. The minimum absolute atomic E-state index is 0. The molecule has 0 radical (unpaired) electrons. The Hall–Kier alpha value is -1.86. The number of hydrogen-bond acceptors (Lipinski definition) is 3. The van der Waals surface area contributed by atoms with Crippen molar-refractivity contribution in [2.45, 2.75) is 64.2 Å². The van der Waals surface area contributed by atoms with Crippen LogP contribution in [0.1, 0.15) is 45.1 Å². The number of carbonyl (C=O) groups excluding carboxylic acids is 2. The molecule has 1 aromatic rings. The molecule has 3 amide bonds. The molecule has 1 aromatic carbocycles. The zero-order valence-electron chi connectivity index (χ0n) is 15.9. The molecule has 0 spiro atoms. The van der Waals surface area contributed by atoms with E-state index in [0.717, 1.165) is 31.4 Å². The number of nitrogens with one attached hydrogen (secondary N) is 4. The molecule has 0 aromatic heterocycles. The van der Waals surface area contributed by atoms with Crippen LogP contribution in [0.4, 0.5) is 9.18 Å². The van der Waals surface area contributed by atoms with Crippen molar-refractivity contribution in [3.05, 3.63) is 35.6 Å². The summed E-state index contributed by atoms with van der Waals surface area (Å²) in [6, 6.07) is 5.26. The first kappa shape index (κ1) is 23.2. The second kappa shape index (κ2) is 11.8. The molecule has 1 heterocycles. The smallest absolute Gasteiger partial charge is 0.315 e. The van der Waals surface area contributed by atoms with Crippen LogP contribution in [-0.4, -0.2) is 36.6 Å². The monoisotopic (exact) mass is 400 g/mol. The Kier molecular flexibility index (Phi) is 10.1. The molecule has 3 atom stereocenters. The van der Waals surface area contributed by atoms with Crippen LogP contribution in [0.25, 0.3) is 0 Å². The van der Waals surface area contributed by atoms with E-state index in [2.05, 4.69) is 28.2 Å². The van der Waals surface area contributed by atoms with Crippen LogP contribution in [0.3, 0.4) is 0 Å². The molecule has 1 fully saturated rings. The normalized spacial score (nSPS) is 20.1. The van der Waals surface area contributed by atoms with Crippen LogP contribution in [-0.2, 0) is 11.3 Å². The predicted octanol–water partition coefficient (Wildman–Crippen LogP) is 2.47. The Bertz CT molecular complexity index is 600. The second-order valence-electron chi connectivity index (χ2n) is 6.79. The van der Waals surface area contributed by atoms with Crippen LogP contribution in [0.15, 0.2) is 24.3 Å². The lowest BCUT2D eigenvalue weighted by Gasteiger charge is -2.32. The summed E-state index contributed by atoms with van der Waals surface area (Å²) < 4.78 is 12.9. The maximum Gasteiger partial charge on any atom is 0.315 e. The van der Waals surface area contributed by atoms with E-state index in [1.165, 1.54) is 12.1 Å². The van der Waals surface area contributed by atoms with Crippen molar-refractivity contribution >= 4 is 24.3 Å². The van der Waals surface area contributed by atoms with Gasteiger partial charge in [0.25, 0.3) is 0 Å². The van der Waals surface area contributed by atoms with Gasteiger partial charge < -0.3 is 21.3 Å². The van der Waals surface area contributed by atoms with Crippen molar-refractivity contribution in [2.24, 2.45) is 0 Å². The van der Waals surface area contributed by atoms with Gasteiger partial charge in [0, 0.05) is 18.6 Å². The molecule has 0 saturated carbocycles. The summed E-state index contributed by atoms with van der Waals surface area (Å²) in [4.78, 5) is 24.7. The third kappa shape index (κ3) is 7.72. The van der Waals surface area contributed by atoms with Gasteiger partial charge >= 0.3 is 6.03 Å². The third-order valence-corrected chi connectivity index (χ3v) is 4.65. The molecule has 1 saturated heterocycles. The summed E-state index contributed by atoms with van der Waals surface area (Å²) in [5.41, 5.74) is 0.792. The molecule has 27 heavy (non-hydrogen) atoms. The minimum Gasteiger partial charge on any atom is -0.350 e. The van der Waals surface area contributed by atoms with Gasteiger partial charge in [-0.05, 0) is 50.4 Å². The van der Waals surface area contributed by atoms with E-state index in [-0.39, 0.29) is 42.8 Å². The molecule has 4 N–H and O–H groups in total. The van der Waals surface area contributed by atoms with Gasteiger partial charge in [-0.2, -0.15) is 0 Å². The van der Waals surface area contributed by atoms with Crippen molar-refractivity contribution in [1.82, 2.24) is 21.3 Å². The van der Waals surface area contributed by atoms with Gasteiger partial charge in [-0.1, -0.05) is 25.5 Å². The maximum absolute atomic E-state index is 12.9. The molecule has 3 unspecified atom stereocenters. The summed E-state index contributed by atoms with van der Waals surface area (Å²) in [6.45, 7) is 5.27. The van der Waals surface area contributed by atoms with E-state index in [9.17, 15) is 14.0 Å². The first-order chi connectivity index (χ1) is 12.5. The predicted molar refractivity (Wildman–Crippen MR) is 106 cm³/mol. The van der Waals surface area contributed by atoms with Gasteiger partial charge in [-0.15, -0.1) is 12.4 Å². The topological polar surface area (TPSA) is 82.3 Å². The molecular weight excluding hydrogens is 371 g/mol. The lowest BCUT2D eigenvalue weighted by atomic mass is 9.99. The van der Waals surface area contributed by atoms with Crippen LogP contribution >= 0.6 is 12.4 Å². The Morgan fingerprint density at radius 3 is 2.63 bits per heavy atom. The van der Waals surface area contributed by atoms with Crippen LogP contribution in [0.2, 0.25) is 0 Å². The molecule has 2 rings (SSSR count).